The van der Waals surface area contributed by atoms with Crippen LogP contribution in [-0.2, 0) is 4.74 Å². The molecule has 0 bridgehead atoms. The third kappa shape index (κ3) is 4.49. The van der Waals surface area contributed by atoms with E-state index in [-0.39, 0.29) is 6.09 Å². The van der Waals surface area contributed by atoms with Gasteiger partial charge in [-0.1, -0.05) is 38.1 Å². The summed E-state index contributed by atoms with van der Waals surface area (Å²) in [6, 6.07) is 8.91. The van der Waals surface area contributed by atoms with Gasteiger partial charge in [0, 0.05) is 13.1 Å². The molecule has 0 atom stereocenters. The second-order valence-electron chi connectivity index (χ2n) is 7.57. The molecular formula is C19H29NO2. The van der Waals surface area contributed by atoms with Crippen molar-refractivity contribution in [1.82, 2.24) is 4.90 Å². The Balaban J connectivity index is 1.95. The van der Waals surface area contributed by atoms with Crippen LogP contribution in [0, 0.1) is 0 Å². The molecule has 0 saturated carbocycles. The Bertz CT molecular complexity index is 508. The summed E-state index contributed by atoms with van der Waals surface area (Å²) in [5.41, 5.74) is 2.39. The lowest BCUT2D eigenvalue weighted by atomic mass is 9.87. The average molecular weight is 303 g/mol. The number of hydrogen-bond donors (Lipinski definition) is 0. The summed E-state index contributed by atoms with van der Waals surface area (Å²) in [4.78, 5) is 13.9. The number of likely N-dealkylation sites (tertiary alicyclic amines) is 1. The van der Waals surface area contributed by atoms with Crippen LogP contribution in [0.15, 0.2) is 24.3 Å². The van der Waals surface area contributed by atoms with Crippen LogP contribution in [0.4, 0.5) is 4.79 Å². The highest BCUT2D eigenvalue weighted by molar-refractivity contribution is 5.68. The number of piperidine rings is 1. The second-order valence-corrected chi connectivity index (χ2v) is 7.57. The summed E-state index contributed by atoms with van der Waals surface area (Å²) in [5.74, 6) is 1.11. The van der Waals surface area contributed by atoms with Gasteiger partial charge >= 0.3 is 6.09 Å². The normalized spacial score (nSPS) is 16.9. The van der Waals surface area contributed by atoms with Gasteiger partial charge in [-0.05, 0) is 56.6 Å². The lowest BCUT2D eigenvalue weighted by Crippen LogP contribution is -2.41. The van der Waals surface area contributed by atoms with Gasteiger partial charge in [-0.15, -0.1) is 0 Å². The van der Waals surface area contributed by atoms with Crippen molar-refractivity contribution in [3.63, 3.8) is 0 Å². The zero-order valence-electron chi connectivity index (χ0n) is 14.6. The van der Waals surface area contributed by atoms with E-state index in [2.05, 4.69) is 38.1 Å². The molecule has 0 N–H and O–H groups in total. The lowest BCUT2D eigenvalue weighted by Gasteiger charge is -2.33. The monoisotopic (exact) mass is 303 g/mol. The van der Waals surface area contributed by atoms with Crippen LogP contribution in [-0.4, -0.2) is 29.7 Å². The minimum absolute atomic E-state index is 0.179. The van der Waals surface area contributed by atoms with E-state index < -0.39 is 5.60 Å². The number of nitrogens with zero attached hydrogens (tertiary/aromatic N) is 1. The van der Waals surface area contributed by atoms with E-state index in [1.54, 1.807) is 0 Å². The topological polar surface area (TPSA) is 29.5 Å². The van der Waals surface area contributed by atoms with Crippen LogP contribution in [0.5, 0.6) is 0 Å². The van der Waals surface area contributed by atoms with Crippen LogP contribution in [0.2, 0.25) is 0 Å². The van der Waals surface area contributed by atoms with Crippen LogP contribution < -0.4 is 0 Å². The smallest absolute Gasteiger partial charge is 0.410 e. The molecule has 1 aromatic rings. The number of benzene rings is 1. The molecule has 1 heterocycles. The SMILES string of the molecule is CC(C)c1cccc(C2CCN(C(=O)OC(C)(C)C)CC2)c1. The van der Waals surface area contributed by atoms with Gasteiger partial charge in [0.15, 0.2) is 0 Å². The van der Waals surface area contributed by atoms with Crippen molar-refractivity contribution in [3.05, 3.63) is 35.4 Å². The number of carbonyl (C=O) groups excluding carboxylic acids is 1. The highest BCUT2D eigenvalue weighted by Crippen LogP contribution is 2.30. The second kappa shape index (κ2) is 6.72. The summed E-state index contributed by atoms with van der Waals surface area (Å²) in [6.07, 6.45) is 1.85. The van der Waals surface area contributed by atoms with Crippen LogP contribution in [0.25, 0.3) is 0 Å². The molecule has 0 aliphatic carbocycles. The standard InChI is InChI=1S/C19H29NO2/c1-14(2)16-7-6-8-17(13-16)15-9-11-20(12-10-15)18(21)22-19(3,4)5/h6-8,13-15H,9-12H2,1-5H3. The van der Waals surface area contributed by atoms with E-state index in [0.29, 0.717) is 11.8 Å². The van der Waals surface area contributed by atoms with Crippen molar-refractivity contribution in [1.29, 1.82) is 0 Å². The quantitative estimate of drug-likeness (QED) is 0.775. The fourth-order valence-corrected chi connectivity index (χ4v) is 2.89. The number of amides is 1. The summed E-state index contributed by atoms with van der Waals surface area (Å²) >= 11 is 0. The van der Waals surface area contributed by atoms with E-state index in [1.807, 2.05) is 25.7 Å². The molecular weight excluding hydrogens is 274 g/mol. The Morgan fingerprint density at radius 3 is 2.41 bits per heavy atom. The predicted molar refractivity (Wildman–Crippen MR) is 90.3 cm³/mol. The first-order chi connectivity index (χ1) is 10.3. The van der Waals surface area contributed by atoms with Gasteiger partial charge in [0.2, 0.25) is 0 Å². The van der Waals surface area contributed by atoms with Gasteiger partial charge in [0.1, 0.15) is 5.60 Å². The highest BCUT2D eigenvalue weighted by atomic mass is 16.6. The van der Waals surface area contributed by atoms with Crippen molar-refractivity contribution in [2.24, 2.45) is 0 Å². The minimum Gasteiger partial charge on any atom is -0.444 e. The largest absolute Gasteiger partial charge is 0.444 e. The molecule has 1 aliphatic heterocycles. The maximum atomic E-state index is 12.1. The molecule has 122 valence electrons. The van der Waals surface area contributed by atoms with Crippen molar-refractivity contribution in [3.8, 4) is 0 Å². The number of hydrogen-bond acceptors (Lipinski definition) is 2. The first-order valence-electron chi connectivity index (χ1n) is 8.34. The summed E-state index contributed by atoms with van der Waals surface area (Å²) < 4.78 is 5.46. The Kier molecular flexibility index (Phi) is 5.15. The molecule has 3 heteroatoms. The van der Waals surface area contributed by atoms with E-state index >= 15 is 0 Å². The van der Waals surface area contributed by atoms with E-state index in [1.165, 1.54) is 11.1 Å². The van der Waals surface area contributed by atoms with Gasteiger partial charge in [-0.3, -0.25) is 0 Å². The fourth-order valence-electron chi connectivity index (χ4n) is 2.89. The summed E-state index contributed by atoms with van der Waals surface area (Å²) in [7, 11) is 0. The molecule has 0 spiro atoms. The van der Waals surface area contributed by atoms with Crippen molar-refractivity contribution < 1.29 is 9.53 Å². The maximum absolute atomic E-state index is 12.1. The van der Waals surface area contributed by atoms with E-state index in [9.17, 15) is 4.79 Å². The molecule has 3 nitrogen and oxygen atoms in total. The first kappa shape index (κ1) is 16.9. The third-order valence-corrected chi connectivity index (χ3v) is 4.20. The van der Waals surface area contributed by atoms with Crippen molar-refractivity contribution in [2.75, 3.05) is 13.1 Å². The van der Waals surface area contributed by atoms with Crippen molar-refractivity contribution >= 4 is 6.09 Å². The molecule has 1 saturated heterocycles. The summed E-state index contributed by atoms with van der Waals surface area (Å²) in [6.45, 7) is 11.8. The first-order valence-corrected chi connectivity index (χ1v) is 8.34. The summed E-state index contributed by atoms with van der Waals surface area (Å²) in [5, 5.41) is 0. The Morgan fingerprint density at radius 2 is 1.86 bits per heavy atom. The molecule has 1 amide bonds. The van der Waals surface area contributed by atoms with Gasteiger partial charge in [-0.25, -0.2) is 4.79 Å². The number of carbonyl (C=O) groups is 1. The molecule has 0 unspecified atom stereocenters. The Labute approximate surface area is 134 Å². The molecule has 2 rings (SSSR count). The zero-order chi connectivity index (χ0) is 16.3. The van der Waals surface area contributed by atoms with Crippen molar-refractivity contribution in [2.45, 2.75) is 64.9 Å². The number of ether oxygens (including phenoxy) is 1. The van der Waals surface area contributed by atoms with Gasteiger partial charge < -0.3 is 9.64 Å². The molecule has 0 aromatic heterocycles. The van der Waals surface area contributed by atoms with Crippen LogP contribution >= 0.6 is 0 Å². The zero-order valence-corrected chi connectivity index (χ0v) is 14.6. The molecule has 22 heavy (non-hydrogen) atoms. The fraction of sp³-hybridized carbons (Fsp3) is 0.632. The molecule has 0 radical (unpaired) electrons. The maximum Gasteiger partial charge on any atom is 0.410 e. The highest BCUT2D eigenvalue weighted by Gasteiger charge is 2.27. The minimum atomic E-state index is -0.417. The molecule has 1 fully saturated rings. The molecule has 1 aliphatic rings. The predicted octanol–water partition coefficient (Wildman–Crippen LogP) is 4.92. The average Bonchev–Trinajstić information content (AvgIpc) is 2.46. The Morgan fingerprint density at radius 1 is 1.23 bits per heavy atom. The van der Waals surface area contributed by atoms with Crippen LogP contribution in [0.3, 0.4) is 0 Å². The number of rotatable bonds is 2. The van der Waals surface area contributed by atoms with E-state index in [0.717, 1.165) is 25.9 Å². The van der Waals surface area contributed by atoms with Crippen LogP contribution in [0.1, 0.15) is 70.4 Å². The van der Waals surface area contributed by atoms with Gasteiger partial charge in [-0.2, -0.15) is 0 Å². The lowest BCUT2D eigenvalue weighted by molar-refractivity contribution is 0.0205. The van der Waals surface area contributed by atoms with Gasteiger partial charge in [0.05, 0.1) is 0 Å². The van der Waals surface area contributed by atoms with Gasteiger partial charge in [0.25, 0.3) is 0 Å². The van der Waals surface area contributed by atoms with E-state index in [4.69, 9.17) is 4.74 Å². The third-order valence-electron chi connectivity index (χ3n) is 4.20. The molecule has 1 aromatic carbocycles. The Hall–Kier alpha value is -1.51.